The molecule has 6 heteroatoms. The van der Waals surface area contributed by atoms with Crippen molar-refractivity contribution in [3.63, 3.8) is 0 Å². The number of amides is 2. The average molecular weight is 381 g/mol. The smallest absolute Gasteiger partial charge is 0.286 e. The quantitative estimate of drug-likeness (QED) is 0.863. The van der Waals surface area contributed by atoms with Gasteiger partial charge in [-0.1, -0.05) is 24.3 Å². The van der Waals surface area contributed by atoms with Crippen LogP contribution in [0.5, 0.6) is 0 Å². The molecule has 1 atom stereocenters. The number of carbonyl (C=O) groups excluding carboxylic acids is 2. The second-order valence-electron chi connectivity index (χ2n) is 7.76. The van der Waals surface area contributed by atoms with E-state index in [-0.39, 0.29) is 11.8 Å². The zero-order chi connectivity index (χ0) is 19.3. The second-order valence-corrected chi connectivity index (χ2v) is 7.76. The number of benzene rings is 1. The average Bonchev–Trinajstić information content (AvgIpc) is 3.27. The van der Waals surface area contributed by atoms with Gasteiger partial charge in [0.05, 0.1) is 12.8 Å². The van der Waals surface area contributed by atoms with Gasteiger partial charge in [-0.3, -0.25) is 14.5 Å². The van der Waals surface area contributed by atoms with Crippen molar-refractivity contribution in [3.8, 4) is 0 Å². The highest BCUT2D eigenvalue weighted by Crippen LogP contribution is 2.20. The lowest BCUT2D eigenvalue weighted by molar-refractivity contribution is -0.134. The Morgan fingerprint density at radius 2 is 1.96 bits per heavy atom. The summed E-state index contributed by atoms with van der Waals surface area (Å²) in [7, 11) is 0. The minimum atomic E-state index is -0.194. The fourth-order valence-electron chi connectivity index (χ4n) is 4.17. The third-order valence-electron chi connectivity index (χ3n) is 5.74. The first-order chi connectivity index (χ1) is 13.7. The van der Waals surface area contributed by atoms with E-state index in [2.05, 4.69) is 34.5 Å². The van der Waals surface area contributed by atoms with E-state index >= 15 is 0 Å². The van der Waals surface area contributed by atoms with Gasteiger partial charge >= 0.3 is 0 Å². The molecule has 0 spiro atoms. The van der Waals surface area contributed by atoms with Crippen LogP contribution in [-0.2, 0) is 17.8 Å². The van der Waals surface area contributed by atoms with Gasteiger partial charge in [0, 0.05) is 32.7 Å². The standard InChI is InChI=1S/C22H27N3O3/c26-21(16-24-11-9-18-6-1-2-7-19(18)15-24)25-10-3-5-17(14-25)13-23-22(27)20-8-4-12-28-20/h1-2,4,6-8,12,17H,3,5,9-11,13-16H2,(H,23,27)/t17-/m1/s1. The molecule has 0 radical (unpaired) electrons. The van der Waals surface area contributed by atoms with E-state index in [9.17, 15) is 9.59 Å². The third-order valence-corrected chi connectivity index (χ3v) is 5.74. The monoisotopic (exact) mass is 381 g/mol. The number of nitrogens with zero attached hydrogens (tertiary/aromatic N) is 2. The molecule has 4 rings (SSSR count). The number of hydrogen-bond donors (Lipinski definition) is 1. The molecule has 1 aromatic carbocycles. The lowest BCUT2D eigenvalue weighted by atomic mass is 9.97. The van der Waals surface area contributed by atoms with Crippen LogP contribution < -0.4 is 5.32 Å². The Bertz CT molecular complexity index is 818. The molecule has 1 saturated heterocycles. The molecule has 0 saturated carbocycles. The summed E-state index contributed by atoms with van der Waals surface area (Å²) in [5, 5.41) is 2.93. The molecule has 148 valence electrons. The predicted octanol–water partition coefficient (Wildman–Crippen LogP) is 2.31. The largest absolute Gasteiger partial charge is 0.459 e. The van der Waals surface area contributed by atoms with Crippen molar-refractivity contribution in [2.24, 2.45) is 5.92 Å². The van der Waals surface area contributed by atoms with Crippen LogP contribution in [-0.4, -0.2) is 54.3 Å². The Kier molecular flexibility index (Phi) is 5.76. The maximum atomic E-state index is 12.8. The number of hydrogen-bond acceptors (Lipinski definition) is 4. The number of nitrogens with one attached hydrogen (secondary N) is 1. The highest BCUT2D eigenvalue weighted by Gasteiger charge is 2.26. The predicted molar refractivity (Wildman–Crippen MR) is 106 cm³/mol. The molecule has 1 aromatic heterocycles. The van der Waals surface area contributed by atoms with Crippen LogP contribution in [0.1, 0.15) is 34.5 Å². The summed E-state index contributed by atoms with van der Waals surface area (Å²) < 4.78 is 5.12. The summed E-state index contributed by atoms with van der Waals surface area (Å²) in [5.41, 5.74) is 2.73. The SMILES string of the molecule is O=C(NC[C@H]1CCCN(C(=O)CN2CCc3ccccc3C2)C1)c1ccco1. The van der Waals surface area contributed by atoms with Crippen LogP contribution in [0.25, 0.3) is 0 Å². The number of fused-ring (bicyclic) bond motifs is 1. The Labute approximate surface area is 165 Å². The van der Waals surface area contributed by atoms with Crippen molar-refractivity contribution in [2.75, 3.05) is 32.7 Å². The molecule has 28 heavy (non-hydrogen) atoms. The van der Waals surface area contributed by atoms with E-state index < -0.39 is 0 Å². The zero-order valence-electron chi connectivity index (χ0n) is 16.1. The molecule has 0 aliphatic carbocycles. The van der Waals surface area contributed by atoms with E-state index in [0.717, 1.165) is 38.9 Å². The van der Waals surface area contributed by atoms with Gasteiger partial charge in [-0.15, -0.1) is 0 Å². The maximum absolute atomic E-state index is 12.8. The van der Waals surface area contributed by atoms with E-state index in [1.807, 2.05) is 4.90 Å². The Morgan fingerprint density at radius 3 is 2.79 bits per heavy atom. The molecule has 6 nitrogen and oxygen atoms in total. The number of piperidine rings is 1. The van der Waals surface area contributed by atoms with Gasteiger partial charge in [0.1, 0.15) is 0 Å². The number of rotatable bonds is 5. The van der Waals surface area contributed by atoms with Crippen molar-refractivity contribution >= 4 is 11.8 Å². The third kappa shape index (κ3) is 4.44. The maximum Gasteiger partial charge on any atom is 0.286 e. The van der Waals surface area contributed by atoms with Crippen molar-refractivity contribution in [3.05, 3.63) is 59.5 Å². The second kappa shape index (κ2) is 8.61. The van der Waals surface area contributed by atoms with Crippen LogP contribution >= 0.6 is 0 Å². The van der Waals surface area contributed by atoms with Gasteiger partial charge in [0.2, 0.25) is 5.91 Å². The number of carbonyl (C=O) groups is 2. The van der Waals surface area contributed by atoms with E-state index in [1.165, 1.54) is 17.4 Å². The van der Waals surface area contributed by atoms with Crippen LogP contribution in [0, 0.1) is 5.92 Å². The lowest BCUT2D eigenvalue weighted by Gasteiger charge is -2.35. The topological polar surface area (TPSA) is 65.8 Å². The van der Waals surface area contributed by atoms with E-state index in [1.54, 1.807) is 12.1 Å². The summed E-state index contributed by atoms with van der Waals surface area (Å²) in [6.45, 7) is 4.34. The highest BCUT2D eigenvalue weighted by molar-refractivity contribution is 5.91. The van der Waals surface area contributed by atoms with Gasteiger partial charge in [-0.05, 0) is 48.4 Å². The Hall–Kier alpha value is -2.60. The van der Waals surface area contributed by atoms with Crippen molar-refractivity contribution < 1.29 is 14.0 Å². The fourth-order valence-corrected chi connectivity index (χ4v) is 4.17. The Morgan fingerprint density at radius 1 is 1.11 bits per heavy atom. The lowest BCUT2D eigenvalue weighted by Crippen LogP contribution is -2.47. The summed E-state index contributed by atoms with van der Waals surface area (Å²) in [6, 6.07) is 11.8. The van der Waals surface area contributed by atoms with E-state index in [0.29, 0.717) is 31.3 Å². The molecule has 2 aromatic rings. The van der Waals surface area contributed by atoms with Crippen LogP contribution in [0.4, 0.5) is 0 Å². The molecule has 1 N–H and O–H groups in total. The molecule has 2 aliphatic heterocycles. The van der Waals surface area contributed by atoms with Crippen molar-refractivity contribution in [2.45, 2.75) is 25.8 Å². The zero-order valence-corrected chi connectivity index (χ0v) is 16.1. The minimum Gasteiger partial charge on any atom is -0.459 e. The normalized spacial score (nSPS) is 19.9. The van der Waals surface area contributed by atoms with Crippen LogP contribution in [0.15, 0.2) is 47.1 Å². The Balaban J connectivity index is 1.26. The van der Waals surface area contributed by atoms with E-state index in [4.69, 9.17) is 4.42 Å². The molecule has 0 unspecified atom stereocenters. The molecule has 3 heterocycles. The van der Waals surface area contributed by atoms with Gasteiger partial charge in [-0.25, -0.2) is 0 Å². The van der Waals surface area contributed by atoms with Gasteiger partial charge < -0.3 is 14.6 Å². The molecular weight excluding hydrogens is 354 g/mol. The summed E-state index contributed by atoms with van der Waals surface area (Å²) in [6.07, 6.45) is 4.51. The van der Waals surface area contributed by atoms with Crippen LogP contribution in [0.2, 0.25) is 0 Å². The summed E-state index contributed by atoms with van der Waals surface area (Å²) >= 11 is 0. The van der Waals surface area contributed by atoms with Crippen LogP contribution in [0.3, 0.4) is 0 Å². The highest BCUT2D eigenvalue weighted by atomic mass is 16.3. The van der Waals surface area contributed by atoms with Crippen molar-refractivity contribution in [1.29, 1.82) is 0 Å². The fraction of sp³-hybridized carbons (Fsp3) is 0.455. The molecule has 0 bridgehead atoms. The first-order valence-corrected chi connectivity index (χ1v) is 10.1. The first-order valence-electron chi connectivity index (χ1n) is 10.1. The molecule has 1 fully saturated rings. The van der Waals surface area contributed by atoms with Gasteiger partial charge in [0.15, 0.2) is 5.76 Å². The van der Waals surface area contributed by atoms with Gasteiger partial charge in [0.25, 0.3) is 5.91 Å². The first kappa shape index (κ1) is 18.7. The van der Waals surface area contributed by atoms with Gasteiger partial charge in [-0.2, -0.15) is 0 Å². The number of furan rings is 1. The summed E-state index contributed by atoms with van der Waals surface area (Å²) in [5.74, 6) is 0.620. The number of likely N-dealkylation sites (tertiary alicyclic amines) is 1. The molecular formula is C22H27N3O3. The minimum absolute atomic E-state index is 0.194. The molecule has 2 amide bonds. The van der Waals surface area contributed by atoms with Crippen molar-refractivity contribution in [1.82, 2.24) is 15.1 Å². The summed E-state index contributed by atoms with van der Waals surface area (Å²) in [4.78, 5) is 29.1. The molecule has 2 aliphatic rings.